The summed E-state index contributed by atoms with van der Waals surface area (Å²) in [4.78, 5) is 40.6. The third kappa shape index (κ3) is 2.64. The number of carbonyl (C=O) groups excluding carboxylic acids is 3. The second-order valence-corrected chi connectivity index (χ2v) is 10.4. The van der Waals surface area contributed by atoms with Crippen LogP contribution in [0.25, 0.3) is 0 Å². The van der Waals surface area contributed by atoms with Crippen molar-refractivity contribution in [1.29, 1.82) is 0 Å². The van der Waals surface area contributed by atoms with Gasteiger partial charge < -0.3 is 4.74 Å². The Morgan fingerprint density at radius 3 is 2.32 bits per heavy atom. The number of anilines is 1. The molecule has 5 rings (SSSR count). The van der Waals surface area contributed by atoms with Crippen molar-refractivity contribution in [3.8, 4) is 5.75 Å². The molecule has 0 radical (unpaired) electrons. The van der Waals surface area contributed by atoms with Gasteiger partial charge >= 0.3 is 5.97 Å². The van der Waals surface area contributed by atoms with E-state index in [2.05, 4.69) is 31.9 Å². The molecule has 1 aromatic carbocycles. The van der Waals surface area contributed by atoms with Gasteiger partial charge in [-0.25, -0.2) is 9.69 Å². The molecule has 5 nitrogen and oxygen atoms in total. The van der Waals surface area contributed by atoms with E-state index in [0.29, 0.717) is 16.3 Å². The van der Waals surface area contributed by atoms with Crippen LogP contribution in [0.15, 0.2) is 41.8 Å². The zero-order valence-corrected chi connectivity index (χ0v) is 18.4. The first-order valence-electron chi connectivity index (χ1n) is 8.99. The summed E-state index contributed by atoms with van der Waals surface area (Å²) >= 11 is 8.68. The highest BCUT2D eigenvalue weighted by Gasteiger charge is 2.66. The van der Waals surface area contributed by atoms with Crippen molar-refractivity contribution < 1.29 is 19.1 Å². The Morgan fingerprint density at radius 2 is 1.71 bits per heavy atom. The molecule has 2 bridgehead atoms. The zero-order chi connectivity index (χ0) is 19.6. The Morgan fingerprint density at radius 1 is 1.04 bits per heavy atom. The lowest BCUT2D eigenvalue weighted by Gasteiger charge is -2.28. The predicted molar refractivity (Wildman–Crippen MR) is 112 cm³/mol. The topological polar surface area (TPSA) is 63.7 Å². The number of fused-ring (bicyclic) bond motifs is 5. The second-order valence-electron chi connectivity index (χ2n) is 7.38. The van der Waals surface area contributed by atoms with Crippen LogP contribution in [0.3, 0.4) is 0 Å². The number of nitrogens with zero attached hydrogens (tertiary/aromatic N) is 1. The lowest BCUT2D eigenvalue weighted by Crippen LogP contribution is -2.37. The number of carbonyl (C=O) groups is 3. The van der Waals surface area contributed by atoms with Gasteiger partial charge in [0, 0.05) is 15.7 Å². The minimum Gasteiger partial charge on any atom is -0.422 e. The van der Waals surface area contributed by atoms with Crippen molar-refractivity contribution in [2.75, 3.05) is 4.90 Å². The molecule has 6 atom stereocenters. The highest BCUT2D eigenvalue weighted by Crippen LogP contribution is 2.60. The van der Waals surface area contributed by atoms with Gasteiger partial charge in [-0.05, 0) is 41.8 Å². The van der Waals surface area contributed by atoms with Crippen LogP contribution in [-0.4, -0.2) is 27.4 Å². The molecule has 1 aliphatic heterocycles. The van der Waals surface area contributed by atoms with Gasteiger partial charge in [-0.1, -0.05) is 44.0 Å². The summed E-state index contributed by atoms with van der Waals surface area (Å²) in [7, 11) is 0. The van der Waals surface area contributed by atoms with Crippen LogP contribution in [0, 0.1) is 23.7 Å². The van der Waals surface area contributed by atoms with E-state index in [-0.39, 0.29) is 45.1 Å². The number of hydrogen-bond acceptors (Lipinski definition) is 5. The van der Waals surface area contributed by atoms with E-state index >= 15 is 0 Å². The zero-order valence-electron chi connectivity index (χ0n) is 14.5. The lowest BCUT2D eigenvalue weighted by atomic mass is 9.81. The first-order valence-corrected chi connectivity index (χ1v) is 11.7. The Labute approximate surface area is 182 Å². The molecular formula is C20H15Br2NO4S. The van der Waals surface area contributed by atoms with Crippen LogP contribution in [0.5, 0.6) is 5.75 Å². The van der Waals surface area contributed by atoms with Gasteiger partial charge in [0.2, 0.25) is 11.8 Å². The van der Waals surface area contributed by atoms with Crippen molar-refractivity contribution >= 4 is 66.7 Å². The molecule has 2 amide bonds. The quantitative estimate of drug-likeness (QED) is 0.260. The first kappa shape index (κ1) is 18.5. The fourth-order valence-electron chi connectivity index (χ4n) is 4.84. The number of imide groups is 1. The van der Waals surface area contributed by atoms with E-state index in [1.54, 1.807) is 41.8 Å². The number of amides is 2. The van der Waals surface area contributed by atoms with E-state index in [1.807, 2.05) is 0 Å². The standard InChI is InChI=1S/C20H15Br2NO4S/c21-16-11-8-12(17(16)22)15-14(11)18(24)23(19(15)25)9-3-1-4-10(7-9)27-20(26)13-5-2-6-28-13/h1-7,11-12,14-17H,8H2/t11-,12-,14-,15+,16-,17+/m1/s1. The number of hydrogen-bond donors (Lipinski definition) is 0. The SMILES string of the molecule is O=C(Oc1cccc(N2C(=O)[C@@H]3[C@H]4C[C@@H]([C@H](Br)[C@@H]4Br)[C@@H]3C2=O)c1)c1cccs1. The number of alkyl halides is 2. The van der Waals surface area contributed by atoms with Crippen molar-refractivity contribution in [2.24, 2.45) is 23.7 Å². The minimum absolute atomic E-state index is 0.145. The van der Waals surface area contributed by atoms with E-state index in [0.717, 1.165) is 6.42 Å². The average molecular weight is 525 g/mol. The lowest BCUT2D eigenvalue weighted by molar-refractivity contribution is -0.123. The van der Waals surface area contributed by atoms with E-state index < -0.39 is 5.97 Å². The molecular weight excluding hydrogens is 510 g/mol. The van der Waals surface area contributed by atoms with Crippen LogP contribution < -0.4 is 9.64 Å². The normalized spacial score (nSPS) is 33.4. The van der Waals surface area contributed by atoms with Crippen molar-refractivity contribution in [3.63, 3.8) is 0 Å². The van der Waals surface area contributed by atoms with Gasteiger partial charge in [0.15, 0.2) is 0 Å². The summed E-state index contributed by atoms with van der Waals surface area (Å²) in [6.45, 7) is 0. The maximum Gasteiger partial charge on any atom is 0.353 e. The number of rotatable bonds is 3. The molecule has 1 saturated heterocycles. The van der Waals surface area contributed by atoms with Crippen LogP contribution in [0.2, 0.25) is 0 Å². The summed E-state index contributed by atoms with van der Waals surface area (Å²) in [5, 5.41) is 1.80. The Hall–Kier alpha value is -1.51. The maximum absolute atomic E-state index is 13.1. The molecule has 3 fully saturated rings. The smallest absolute Gasteiger partial charge is 0.353 e. The van der Waals surface area contributed by atoms with Gasteiger partial charge in [0.05, 0.1) is 17.5 Å². The van der Waals surface area contributed by atoms with Crippen LogP contribution >= 0.6 is 43.2 Å². The summed E-state index contributed by atoms with van der Waals surface area (Å²) in [6.07, 6.45) is 0.894. The molecule has 8 heteroatoms. The number of ether oxygens (including phenoxy) is 1. The second kappa shape index (κ2) is 6.78. The Kier molecular flexibility index (Phi) is 4.48. The van der Waals surface area contributed by atoms with Gasteiger partial charge in [0.1, 0.15) is 10.6 Å². The first-order chi connectivity index (χ1) is 13.5. The van der Waals surface area contributed by atoms with Gasteiger partial charge in [-0.15, -0.1) is 11.3 Å². The summed E-state index contributed by atoms with van der Waals surface area (Å²) < 4.78 is 5.42. The van der Waals surface area contributed by atoms with Crippen molar-refractivity contribution in [1.82, 2.24) is 0 Å². The third-order valence-corrected chi connectivity index (χ3v) is 10.1. The summed E-state index contributed by atoms with van der Waals surface area (Å²) in [5.41, 5.74) is 0.456. The fourth-order valence-corrected chi connectivity index (χ4v) is 7.31. The Balaban J connectivity index is 1.42. The van der Waals surface area contributed by atoms with Gasteiger partial charge in [0.25, 0.3) is 0 Å². The molecule has 2 heterocycles. The summed E-state index contributed by atoms with van der Waals surface area (Å²) in [6, 6.07) is 10.1. The van der Waals surface area contributed by atoms with Crippen molar-refractivity contribution in [2.45, 2.75) is 16.1 Å². The molecule has 2 aromatic rings. The molecule has 0 spiro atoms. The molecule has 144 valence electrons. The van der Waals surface area contributed by atoms with Crippen LogP contribution in [-0.2, 0) is 9.59 Å². The third-order valence-electron chi connectivity index (χ3n) is 6.00. The molecule has 2 aliphatic carbocycles. The number of benzene rings is 1. The number of thiophene rings is 1. The molecule has 1 aromatic heterocycles. The molecule has 3 aliphatic rings. The highest BCUT2D eigenvalue weighted by atomic mass is 79.9. The van der Waals surface area contributed by atoms with Gasteiger partial charge in [-0.2, -0.15) is 0 Å². The molecule has 2 saturated carbocycles. The van der Waals surface area contributed by atoms with E-state index in [4.69, 9.17) is 4.74 Å². The molecule has 28 heavy (non-hydrogen) atoms. The predicted octanol–water partition coefficient (Wildman–Crippen LogP) is 4.25. The van der Waals surface area contributed by atoms with Crippen LogP contribution in [0.1, 0.15) is 16.1 Å². The van der Waals surface area contributed by atoms with E-state index in [9.17, 15) is 14.4 Å². The monoisotopic (exact) mass is 523 g/mol. The summed E-state index contributed by atoms with van der Waals surface area (Å²) in [5.74, 6) is -0.637. The largest absolute Gasteiger partial charge is 0.422 e. The number of esters is 1. The minimum atomic E-state index is -0.453. The van der Waals surface area contributed by atoms with Gasteiger partial charge in [-0.3, -0.25) is 9.59 Å². The molecule has 0 unspecified atom stereocenters. The van der Waals surface area contributed by atoms with Crippen LogP contribution in [0.4, 0.5) is 5.69 Å². The molecule has 0 N–H and O–H groups in total. The maximum atomic E-state index is 13.1. The average Bonchev–Trinajstić information content (AvgIpc) is 3.43. The van der Waals surface area contributed by atoms with Crippen molar-refractivity contribution in [3.05, 3.63) is 46.7 Å². The number of halogens is 2. The fraction of sp³-hybridized carbons (Fsp3) is 0.350. The van der Waals surface area contributed by atoms with E-state index in [1.165, 1.54) is 16.2 Å². The Bertz CT molecular complexity index is 946. The highest BCUT2D eigenvalue weighted by molar-refractivity contribution is 9.12.